The average molecular weight is 447 g/mol. The number of carbonyl (C=O) groups excluding carboxylic acids is 1. The Morgan fingerprint density at radius 1 is 1.06 bits per heavy atom. The predicted octanol–water partition coefficient (Wildman–Crippen LogP) is 5.51. The standard InChI is InChI=1S/C26H26N2O5/c1-17(28-18(2)29)19-7-8-20-14-25(33-24(20)13-19)21-9-10-26(27-16-21)32-23-6-4-5-22(15-23)31-12-11-30-3/h4-10,13-17H,11-12H2,1-3H3,(H,28,29). The Hall–Kier alpha value is -3.84. The molecule has 0 aliphatic carbocycles. The van der Waals surface area contributed by atoms with Gasteiger partial charge in [-0.2, -0.15) is 0 Å². The van der Waals surface area contributed by atoms with Gasteiger partial charge in [0.25, 0.3) is 0 Å². The summed E-state index contributed by atoms with van der Waals surface area (Å²) in [6.45, 7) is 4.44. The van der Waals surface area contributed by atoms with Crippen LogP contribution >= 0.6 is 0 Å². The van der Waals surface area contributed by atoms with E-state index >= 15 is 0 Å². The lowest BCUT2D eigenvalue weighted by Crippen LogP contribution is -2.23. The van der Waals surface area contributed by atoms with Gasteiger partial charge in [0.2, 0.25) is 11.8 Å². The van der Waals surface area contributed by atoms with Gasteiger partial charge in [-0.1, -0.05) is 18.2 Å². The van der Waals surface area contributed by atoms with Crippen molar-refractivity contribution >= 4 is 16.9 Å². The number of furan rings is 1. The molecule has 2 aromatic heterocycles. The molecule has 0 aliphatic heterocycles. The van der Waals surface area contributed by atoms with Crippen molar-refractivity contribution in [1.29, 1.82) is 0 Å². The highest BCUT2D eigenvalue weighted by atomic mass is 16.5. The van der Waals surface area contributed by atoms with Crippen LogP contribution in [0, 0.1) is 0 Å². The molecule has 0 radical (unpaired) electrons. The van der Waals surface area contributed by atoms with Gasteiger partial charge in [-0.05, 0) is 42.8 Å². The van der Waals surface area contributed by atoms with E-state index in [9.17, 15) is 4.79 Å². The fraction of sp³-hybridized carbons (Fsp3) is 0.231. The number of pyridine rings is 1. The molecule has 4 aromatic rings. The first kappa shape index (κ1) is 22.4. The summed E-state index contributed by atoms with van der Waals surface area (Å²) in [5, 5.41) is 3.87. The molecule has 1 atom stereocenters. The number of amides is 1. The molecule has 170 valence electrons. The van der Waals surface area contributed by atoms with Gasteiger partial charge >= 0.3 is 0 Å². The molecule has 7 nitrogen and oxygen atoms in total. The SMILES string of the molecule is COCCOc1cccc(Oc2ccc(-c3cc4ccc(C(C)NC(C)=O)cc4o3)cn2)c1. The lowest BCUT2D eigenvalue weighted by molar-refractivity contribution is -0.119. The number of ether oxygens (including phenoxy) is 3. The van der Waals surface area contributed by atoms with E-state index in [4.69, 9.17) is 18.6 Å². The summed E-state index contributed by atoms with van der Waals surface area (Å²) in [5.41, 5.74) is 2.57. The predicted molar refractivity (Wildman–Crippen MR) is 126 cm³/mol. The van der Waals surface area contributed by atoms with Crippen LogP contribution in [0.1, 0.15) is 25.5 Å². The van der Waals surface area contributed by atoms with Gasteiger partial charge in [-0.15, -0.1) is 0 Å². The average Bonchev–Trinajstić information content (AvgIpc) is 3.23. The van der Waals surface area contributed by atoms with Crippen molar-refractivity contribution in [3.05, 3.63) is 72.4 Å². The molecule has 1 unspecified atom stereocenters. The fourth-order valence-electron chi connectivity index (χ4n) is 3.43. The Morgan fingerprint density at radius 3 is 2.67 bits per heavy atom. The Bertz CT molecular complexity index is 1230. The number of benzene rings is 2. The maximum atomic E-state index is 11.3. The molecular weight excluding hydrogens is 420 g/mol. The minimum atomic E-state index is -0.0950. The van der Waals surface area contributed by atoms with E-state index in [0.717, 1.165) is 22.1 Å². The molecule has 33 heavy (non-hydrogen) atoms. The number of carbonyl (C=O) groups is 1. The van der Waals surface area contributed by atoms with Crippen LogP contribution in [0.5, 0.6) is 17.4 Å². The topological polar surface area (TPSA) is 82.8 Å². The minimum Gasteiger partial charge on any atom is -0.491 e. The second kappa shape index (κ2) is 10.2. The molecule has 0 saturated carbocycles. The Morgan fingerprint density at radius 2 is 1.91 bits per heavy atom. The monoisotopic (exact) mass is 446 g/mol. The maximum absolute atomic E-state index is 11.3. The number of hydrogen-bond donors (Lipinski definition) is 1. The van der Waals surface area contributed by atoms with Crippen LogP contribution in [0.15, 0.2) is 71.3 Å². The van der Waals surface area contributed by atoms with E-state index < -0.39 is 0 Å². The van der Waals surface area contributed by atoms with Crippen LogP contribution in [-0.4, -0.2) is 31.2 Å². The lowest BCUT2D eigenvalue weighted by Gasteiger charge is -2.12. The van der Waals surface area contributed by atoms with Crippen molar-refractivity contribution in [2.24, 2.45) is 0 Å². The summed E-state index contributed by atoms with van der Waals surface area (Å²) in [5.74, 6) is 2.45. The quantitative estimate of drug-likeness (QED) is 0.341. The molecule has 0 bridgehead atoms. The van der Waals surface area contributed by atoms with Crippen LogP contribution in [0.25, 0.3) is 22.3 Å². The molecule has 4 rings (SSSR count). The van der Waals surface area contributed by atoms with Crippen LogP contribution < -0.4 is 14.8 Å². The Kier molecular flexibility index (Phi) is 6.90. The second-order valence-electron chi connectivity index (χ2n) is 7.63. The minimum absolute atomic E-state index is 0.0681. The van der Waals surface area contributed by atoms with Crippen molar-refractivity contribution in [3.63, 3.8) is 0 Å². The van der Waals surface area contributed by atoms with Gasteiger partial charge in [0.05, 0.1) is 12.6 Å². The van der Waals surface area contributed by atoms with E-state index in [2.05, 4.69) is 10.3 Å². The molecular formula is C26H26N2O5. The smallest absolute Gasteiger partial charge is 0.219 e. The van der Waals surface area contributed by atoms with E-state index in [-0.39, 0.29) is 11.9 Å². The van der Waals surface area contributed by atoms with E-state index in [0.29, 0.717) is 36.4 Å². The highest BCUT2D eigenvalue weighted by Crippen LogP contribution is 2.31. The van der Waals surface area contributed by atoms with Crippen molar-refractivity contribution in [2.75, 3.05) is 20.3 Å². The fourth-order valence-corrected chi connectivity index (χ4v) is 3.43. The summed E-state index contributed by atoms with van der Waals surface area (Å²) >= 11 is 0. The zero-order valence-corrected chi connectivity index (χ0v) is 18.8. The molecule has 1 N–H and O–H groups in total. The Labute approximate surface area is 192 Å². The van der Waals surface area contributed by atoms with Gasteiger partial charge in [0.15, 0.2) is 0 Å². The lowest BCUT2D eigenvalue weighted by atomic mass is 10.1. The van der Waals surface area contributed by atoms with Gasteiger partial charge in [-0.25, -0.2) is 4.98 Å². The highest BCUT2D eigenvalue weighted by molar-refractivity contribution is 5.83. The molecule has 0 fully saturated rings. The largest absolute Gasteiger partial charge is 0.491 e. The number of fused-ring (bicyclic) bond motifs is 1. The van der Waals surface area contributed by atoms with Crippen molar-refractivity contribution < 1.29 is 23.4 Å². The summed E-state index contributed by atoms with van der Waals surface area (Å²) in [6.07, 6.45) is 1.72. The second-order valence-corrected chi connectivity index (χ2v) is 7.63. The third-order valence-electron chi connectivity index (χ3n) is 5.07. The van der Waals surface area contributed by atoms with Crippen molar-refractivity contribution in [3.8, 4) is 28.7 Å². The van der Waals surface area contributed by atoms with E-state index in [1.54, 1.807) is 19.4 Å². The third-order valence-corrected chi connectivity index (χ3v) is 5.07. The summed E-state index contributed by atoms with van der Waals surface area (Å²) < 4.78 is 22.5. The molecule has 0 aliphatic rings. The summed E-state index contributed by atoms with van der Waals surface area (Å²) in [7, 11) is 1.63. The van der Waals surface area contributed by atoms with Crippen LogP contribution in [0.2, 0.25) is 0 Å². The van der Waals surface area contributed by atoms with Gasteiger partial charge in [0, 0.05) is 43.3 Å². The first-order valence-electron chi connectivity index (χ1n) is 10.7. The number of rotatable bonds is 9. The molecule has 7 heteroatoms. The summed E-state index contributed by atoms with van der Waals surface area (Å²) in [4.78, 5) is 15.7. The van der Waals surface area contributed by atoms with Crippen LogP contribution in [-0.2, 0) is 9.53 Å². The maximum Gasteiger partial charge on any atom is 0.219 e. The molecule has 1 amide bonds. The van der Waals surface area contributed by atoms with Gasteiger partial charge in [0.1, 0.15) is 29.4 Å². The first-order valence-corrected chi connectivity index (χ1v) is 10.7. The number of aromatic nitrogens is 1. The third kappa shape index (κ3) is 5.70. The van der Waals surface area contributed by atoms with E-state index in [1.807, 2.05) is 61.5 Å². The van der Waals surface area contributed by atoms with Crippen LogP contribution in [0.3, 0.4) is 0 Å². The highest BCUT2D eigenvalue weighted by Gasteiger charge is 2.12. The first-order chi connectivity index (χ1) is 16.0. The molecule has 2 aromatic carbocycles. The van der Waals surface area contributed by atoms with Gasteiger partial charge < -0.3 is 23.9 Å². The number of nitrogens with one attached hydrogen (secondary N) is 1. The number of methoxy groups -OCH3 is 1. The zero-order valence-electron chi connectivity index (χ0n) is 18.8. The molecule has 2 heterocycles. The number of hydrogen-bond acceptors (Lipinski definition) is 6. The zero-order chi connectivity index (χ0) is 23.2. The van der Waals surface area contributed by atoms with E-state index in [1.165, 1.54) is 6.92 Å². The van der Waals surface area contributed by atoms with Crippen LogP contribution in [0.4, 0.5) is 0 Å². The number of nitrogens with zero attached hydrogens (tertiary/aromatic N) is 1. The normalized spacial score (nSPS) is 11.8. The molecule has 0 spiro atoms. The van der Waals surface area contributed by atoms with Crippen molar-refractivity contribution in [1.82, 2.24) is 10.3 Å². The summed E-state index contributed by atoms with van der Waals surface area (Å²) in [6, 6.07) is 18.9. The van der Waals surface area contributed by atoms with Gasteiger partial charge in [-0.3, -0.25) is 4.79 Å². The van der Waals surface area contributed by atoms with Crippen molar-refractivity contribution in [2.45, 2.75) is 19.9 Å². The molecule has 0 saturated heterocycles. The Balaban J connectivity index is 1.46.